The number of hydrogen-bond donors (Lipinski definition) is 1. The normalized spacial score (nSPS) is 16.1. The van der Waals surface area contributed by atoms with Crippen LogP contribution in [0.2, 0.25) is 0 Å². The molecule has 1 heterocycles. The van der Waals surface area contributed by atoms with E-state index in [1.165, 1.54) is 36.0 Å². The van der Waals surface area contributed by atoms with E-state index in [-0.39, 0.29) is 18.3 Å². The molecule has 0 saturated carbocycles. The van der Waals surface area contributed by atoms with Gasteiger partial charge in [-0.25, -0.2) is 14.2 Å². The molecule has 1 N–H and O–H groups in total. The summed E-state index contributed by atoms with van der Waals surface area (Å²) in [5.41, 5.74) is 1.32. The summed E-state index contributed by atoms with van der Waals surface area (Å²) in [5.74, 6) is -0.543. The van der Waals surface area contributed by atoms with Gasteiger partial charge in [-0.15, -0.1) is 0 Å². The number of hydrogen-bond acceptors (Lipinski definition) is 6. The number of benzene rings is 2. The molecule has 156 valence electrons. The number of ether oxygens (including phenoxy) is 2. The molecule has 0 aliphatic carbocycles. The minimum atomic E-state index is -0.446. The zero-order valence-corrected chi connectivity index (χ0v) is 20.1. The van der Waals surface area contributed by atoms with Crippen molar-refractivity contribution in [3.63, 3.8) is 0 Å². The summed E-state index contributed by atoms with van der Waals surface area (Å²) < 4.78 is 24.8. The molecule has 30 heavy (non-hydrogen) atoms. The van der Waals surface area contributed by atoms with Crippen molar-refractivity contribution >= 4 is 79.1 Å². The molecule has 0 atom stereocenters. The first-order chi connectivity index (χ1) is 14.4. The van der Waals surface area contributed by atoms with E-state index in [9.17, 15) is 14.0 Å². The first-order valence-electron chi connectivity index (χ1n) is 8.68. The highest BCUT2D eigenvalue weighted by Gasteiger charge is 2.24. The number of nitrogens with one attached hydrogen (secondary N) is 1. The Labute approximate surface area is 198 Å². The molecule has 0 bridgehead atoms. The van der Waals surface area contributed by atoms with Crippen LogP contribution in [0.1, 0.15) is 12.5 Å². The predicted molar refractivity (Wildman–Crippen MR) is 126 cm³/mol. The lowest BCUT2D eigenvalue weighted by molar-refractivity contribution is -0.145. The average molecular weight is 605 g/mol. The maximum absolute atomic E-state index is 13.0. The molecule has 1 aliphatic rings. The Hall–Kier alpha value is -1.92. The second-order valence-electron chi connectivity index (χ2n) is 5.87. The highest BCUT2D eigenvalue weighted by atomic mass is 127. The molecular weight excluding hydrogens is 590 g/mol. The summed E-state index contributed by atoms with van der Waals surface area (Å²) in [4.78, 5) is 28.6. The van der Waals surface area contributed by atoms with E-state index >= 15 is 0 Å². The zero-order valence-electron chi connectivity index (χ0n) is 15.6. The quantitative estimate of drug-likeness (QED) is 0.284. The van der Waals surface area contributed by atoms with Gasteiger partial charge >= 0.3 is 5.97 Å². The average Bonchev–Trinajstić information content (AvgIpc) is 3.02. The van der Waals surface area contributed by atoms with E-state index < -0.39 is 5.97 Å². The van der Waals surface area contributed by atoms with Crippen molar-refractivity contribution in [2.24, 2.45) is 4.99 Å². The van der Waals surface area contributed by atoms with Crippen molar-refractivity contribution in [1.82, 2.24) is 5.32 Å². The van der Waals surface area contributed by atoms with E-state index in [4.69, 9.17) is 9.47 Å². The van der Waals surface area contributed by atoms with Gasteiger partial charge in [-0.05, 0) is 105 Å². The van der Waals surface area contributed by atoms with Crippen LogP contribution in [0.15, 0.2) is 50.8 Å². The summed E-state index contributed by atoms with van der Waals surface area (Å²) in [6, 6.07) is 9.31. The van der Waals surface area contributed by atoms with Gasteiger partial charge in [0.1, 0.15) is 11.6 Å². The molecule has 3 rings (SSSR count). The Morgan fingerprint density at radius 3 is 2.73 bits per heavy atom. The number of aliphatic imine (C=N–C) groups is 1. The summed E-state index contributed by atoms with van der Waals surface area (Å²) >= 11 is 6.73. The van der Waals surface area contributed by atoms with Crippen molar-refractivity contribution < 1.29 is 23.5 Å². The molecule has 6 nitrogen and oxygen atoms in total. The Bertz CT molecular complexity index is 1020. The van der Waals surface area contributed by atoms with E-state index in [1.54, 1.807) is 19.1 Å². The van der Waals surface area contributed by atoms with Crippen molar-refractivity contribution in [2.75, 3.05) is 13.2 Å². The molecular formula is C20H15BrFIN2O4S. The molecule has 0 aromatic heterocycles. The molecule has 10 heteroatoms. The smallest absolute Gasteiger partial charge is 0.344 e. The number of carbonyl (C=O) groups excluding carboxylic acids is 2. The Kier molecular flexibility index (Phi) is 7.89. The van der Waals surface area contributed by atoms with Gasteiger partial charge in [-0.1, -0.05) is 0 Å². The largest absolute Gasteiger partial charge is 0.480 e. The summed E-state index contributed by atoms with van der Waals surface area (Å²) in [5, 5.41) is 3.11. The highest BCUT2D eigenvalue weighted by molar-refractivity contribution is 14.1. The van der Waals surface area contributed by atoms with E-state index in [1.807, 2.05) is 6.07 Å². The third-order valence-electron chi connectivity index (χ3n) is 3.67. The minimum Gasteiger partial charge on any atom is -0.480 e. The summed E-state index contributed by atoms with van der Waals surface area (Å²) in [6.45, 7) is 1.83. The van der Waals surface area contributed by atoms with Crippen molar-refractivity contribution in [2.45, 2.75) is 6.92 Å². The topological polar surface area (TPSA) is 77.0 Å². The van der Waals surface area contributed by atoms with Gasteiger partial charge in [-0.3, -0.25) is 4.79 Å². The predicted octanol–water partition coefficient (Wildman–Crippen LogP) is 5.03. The van der Waals surface area contributed by atoms with Crippen LogP contribution in [-0.4, -0.2) is 30.3 Å². The van der Waals surface area contributed by atoms with Gasteiger partial charge in [0.25, 0.3) is 5.91 Å². The van der Waals surface area contributed by atoms with Crippen LogP contribution in [0.3, 0.4) is 0 Å². The number of carbonyl (C=O) groups is 2. The number of nitrogens with zero attached hydrogens (tertiary/aromatic N) is 1. The maximum atomic E-state index is 13.0. The van der Waals surface area contributed by atoms with Gasteiger partial charge in [0.15, 0.2) is 11.8 Å². The number of thioether (sulfide) groups is 1. The van der Waals surface area contributed by atoms with Crippen molar-refractivity contribution in [3.8, 4) is 5.75 Å². The number of esters is 1. The third kappa shape index (κ3) is 6.05. The van der Waals surface area contributed by atoms with Crippen LogP contribution in [0, 0.1) is 9.39 Å². The van der Waals surface area contributed by atoms with Gasteiger partial charge in [0, 0.05) is 0 Å². The van der Waals surface area contributed by atoms with Crippen molar-refractivity contribution in [1.29, 1.82) is 0 Å². The van der Waals surface area contributed by atoms with Crippen LogP contribution in [-0.2, 0) is 14.3 Å². The third-order valence-corrected chi connectivity index (χ3v) is 5.97. The summed E-state index contributed by atoms with van der Waals surface area (Å²) in [7, 11) is 0. The lowest BCUT2D eigenvalue weighted by Crippen LogP contribution is -2.19. The van der Waals surface area contributed by atoms with Gasteiger partial charge in [0.05, 0.1) is 25.2 Å². The highest BCUT2D eigenvalue weighted by Crippen LogP contribution is 2.34. The molecule has 1 aliphatic heterocycles. The Balaban J connectivity index is 1.75. The molecule has 2 aromatic carbocycles. The molecule has 0 unspecified atom stereocenters. The van der Waals surface area contributed by atoms with Crippen LogP contribution in [0.4, 0.5) is 10.1 Å². The zero-order chi connectivity index (χ0) is 21.7. The number of amides is 1. The van der Waals surface area contributed by atoms with Crippen LogP contribution in [0.5, 0.6) is 5.75 Å². The Morgan fingerprint density at radius 2 is 2.07 bits per heavy atom. The minimum absolute atomic E-state index is 0.190. The molecule has 1 amide bonds. The van der Waals surface area contributed by atoms with Crippen molar-refractivity contribution in [3.05, 3.63) is 60.7 Å². The number of amidine groups is 1. The second-order valence-corrected chi connectivity index (χ2v) is 8.91. The fraction of sp³-hybridized carbons (Fsp3) is 0.150. The van der Waals surface area contributed by atoms with Crippen LogP contribution in [0.25, 0.3) is 6.08 Å². The molecule has 2 aromatic rings. The van der Waals surface area contributed by atoms with E-state index in [0.717, 1.165) is 9.13 Å². The lowest BCUT2D eigenvalue weighted by Gasteiger charge is -2.11. The van der Waals surface area contributed by atoms with E-state index in [0.29, 0.717) is 32.6 Å². The van der Waals surface area contributed by atoms with Gasteiger partial charge in [-0.2, -0.15) is 0 Å². The monoisotopic (exact) mass is 604 g/mol. The SMILES string of the molecule is CCOC(=O)COc1c(Br)cc(C=C2SC(=Nc3ccc(F)cc3)NC2=O)cc1I. The van der Waals surface area contributed by atoms with Crippen LogP contribution < -0.4 is 10.1 Å². The van der Waals surface area contributed by atoms with Gasteiger partial charge < -0.3 is 14.8 Å². The number of rotatable bonds is 6. The second kappa shape index (κ2) is 10.4. The molecule has 0 spiro atoms. The first-order valence-corrected chi connectivity index (χ1v) is 11.4. The fourth-order valence-corrected chi connectivity index (χ4v) is 5.01. The lowest BCUT2D eigenvalue weighted by atomic mass is 10.2. The fourth-order valence-electron chi connectivity index (χ4n) is 2.40. The molecule has 1 saturated heterocycles. The van der Waals surface area contributed by atoms with E-state index in [2.05, 4.69) is 48.8 Å². The molecule has 1 fully saturated rings. The Morgan fingerprint density at radius 1 is 1.33 bits per heavy atom. The first kappa shape index (κ1) is 22.8. The van der Waals surface area contributed by atoms with Crippen LogP contribution >= 0.6 is 50.3 Å². The summed E-state index contributed by atoms with van der Waals surface area (Å²) in [6.07, 6.45) is 1.73. The number of halogens is 3. The molecule has 0 radical (unpaired) electrons. The standard InChI is InChI=1S/C20H15BrFIN2O4S/c1-2-28-17(26)10-29-18-14(21)7-11(8-15(18)23)9-16-19(27)25-20(30-16)24-13-5-3-12(22)4-6-13/h3-9H,2,10H2,1H3,(H,24,25,27). The van der Waals surface area contributed by atoms with Gasteiger partial charge in [0.2, 0.25) is 0 Å². The maximum Gasteiger partial charge on any atom is 0.344 e.